The number of nitrogens with one attached hydrogen (secondary N) is 1. The van der Waals surface area contributed by atoms with Crippen LogP contribution in [0, 0.1) is 5.41 Å². The Balaban J connectivity index is 4.28. The zero-order valence-electron chi connectivity index (χ0n) is 6.57. The monoisotopic (exact) mass is 141 g/mol. The zero-order chi connectivity index (χ0) is 8.15. The van der Waals surface area contributed by atoms with E-state index in [0.717, 1.165) is 5.57 Å². The molecular weight excluding hydrogens is 126 g/mol. The van der Waals surface area contributed by atoms with Gasteiger partial charge in [-0.15, -0.1) is 0 Å². The Labute approximate surface area is 61.6 Å². The molecule has 0 aliphatic heterocycles. The van der Waals surface area contributed by atoms with Gasteiger partial charge >= 0.3 is 0 Å². The molecule has 0 rings (SSSR count). The lowest BCUT2D eigenvalue weighted by Gasteiger charge is -2.04. The molecule has 0 unspecified atom stereocenters. The van der Waals surface area contributed by atoms with Crippen LogP contribution in [0.15, 0.2) is 11.3 Å². The molecule has 3 heteroatoms. The molecule has 0 radical (unpaired) electrons. The van der Waals surface area contributed by atoms with Crippen LogP contribution in [0.2, 0.25) is 0 Å². The second-order valence-corrected chi connectivity index (χ2v) is 2.33. The molecule has 0 saturated carbocycles. The highest BCUT2D eigenvalue weighted by molar-refractivity contribution is 5.96. The van der Waals surface area contributed by atoms with Crippen LogP contribution in [0.3, 0.4) is 0 Å². The molecule has 3 nitrogen and oxygen atoms in total. The van der Waals surface area contributed by atoms with E-state index in [2.05, 4.69) is 0 Å². The Morgan fingerprint density at radius 3 is 2.00 bits per heavy atom. The fraction of sp³-hybridized carbons (Fsp3) is 0.571. The van der Waals surface area contributed by atoms with Crippen LogP contribution < -0.4 is 11.5 Å². The van der Waals surface area contributed by atoms with Gasteiger partial charge in [0.1, 0.15) is 0 Å². The van der Waals surface area contributed by atoms with Crippen molar-refractivity contribution in [2.24, 2.45) is 11.5 Å². The molecule has 0 amide bonds. The summed E-state index contributed by atoms with van der Waals surface area (Å²) in [5.74, 6) is 0. The van der Waals surface area contributed by atoms with Gasteiger partial charge in [-0.25, -0.2) is 0 Å². The summed E-state index contributed by atoms with van der Waals surface area (Å²) < 4.78 is 0. The first-order chi connectivity index (χ1) is 4.59. The van der Waals surface area contributed by atoms with E-state index in [1.807, 2.05) is 0 Å². The molecule has 58 valence electrons. The summed E-state index contributed by atoms with van der Waals surface area (Å²) in [5, 5.41) is 7.29. The molecule has 0 saturated heterocycles. The lowest BCUT2D eigenvalue weighted by atomic mass is 10.1. The van der Waals surface area contributed by atoms with Crippen LogP contribution in [-0.4, -0.2) is 12.3 Å². The first-order valence-corrected chi connectivity index (χ1v) is 3.30. The summed E-state index contributed by atoms with van der Waals surface area (Å²) in [7, 11) is 0. The first-order valence-electron chi connectivity index (χ1n) is 3.30. The summed E-state index contributed by atoms with van der Waals surface area (Å²) in [6, 6.07) is 0. The average molecular weight is 141 g/mol. The molecule has 0 atom stereocenters. The molecule has 0 heterocycles. The third kappa shape index (κ3) is 2.64. The van der Waals surface area contributed by atoms with Crippen LogP contribution in [0.4, 0.5) is 0 Å². The van der Waals surface area contributed by atoms with Crippen molar-refractivity contribution in [3.63, 3.8) is 0 Å². The molecule has 0 aromatic heterocycles. The Morgan fingerprint density at radius 2 is 1.90 bits per heavy atom. The Kier molecular flexibility index (Phi) is 3.72. The minimum absolute atomic E-state index is 0.519. The van der Waals surface area contributed by atoms with Crippen LogP contribution >= 0.6 is 0 Å². The molecule has 0 aromatic carbocycles. The standard InChI is InChI=1S/C7H15N3/c1-5(9)7(3-4-8)6(2)10/h9H,3-4,8,10H2,1-2H3/b7-6-,9-5?. The predicted molar refractivity (Wildman–Crippen MR) is 44.0 cm³/mol. The molecule has 0 fully saturated rings. The highest BCUT2D eigenvalue weighted by Crippen LogP contribution is 2.04. The van der Waals surface area contributed by atoms with Crippen molar-refractivity contribution in [1.29, 1.82) is 5.41 Å². The van der Waals surface area contributed by atoms with Gasteiger partial charge in [0.2, 0.25) is 0 Å². The second-order valence-electron chi connectivity index (χ2n) is 2.33. The van der Waals surface area contributed by atoms with Gasteiger partial charge < -0.3 is 16.9 Å². The fourth-order valence-electron chi connectivity index (χ4n) is 0.825. The predicted octanol–water partition coefficient (Wildman–Crippen LogP) is 0.608. The number of hydrogen-bond acceptors (Lipinski definition) is 3. The minimum Gasteiger partial charge on any atom is -0.402 e. The third-order valence-electron chi connectivity index (χ3n) is 1.32. The van der Waals surface area contributed by atoms with Gasteiger partial charge in [-0.2, -0.15) is 0 Å². The van der Waals surface area contributed by atoms with Crippen molar-refractivity contribution in [2.45, 2.75) is 20.3 Å². The summed E-state index contributed by atoms with van der Waals surface area (Å²) >= 11 is 0. The molecule has 0 bridgehead atoms. The largest absolute Gasteiger partial charge is 0.402 e. The quantitative estimate of drug-likeness (QED) is 0.503. The molecule has 10 heavy (non-hydrogen) atoms. The van der Waals surface area contributed by atoms with Crippen molar-refractivity contribution >= 4 is 5.71 Å². The van der Waals surface area contributed by atoms with Gasteiger partial charge in [0, 0.05) is 11.4 Å². The van der Waals surface area contributed by atoms with Crippen LogP contribution in [-0.2, 0) is 0 Å². The van der Waals surface area contributed by atoms with Crippen LogP contribution in [0.25, 0.3) is 0 Å². The Bertz CT molecular complexity index is 154. The normalized spacial score (nSPS) is 12.7. The van der Waals surface area contributed by atoms with Crippen LogP contribution in [0.5, 0.6) is 0 Å². The van der Waals surface area contributed by atoms with E-state index >= 15 is 0 Å². The first kappa shape index (κ1) is 9.17. The van der Waals surface area contributed by atoms with Gasteiger partial charge in [-0.1, -0.05) is 0 Å². The highest BCUT2D eigenvalue weighted by atomic mass is 14.6. The minimum atomic E-state index is 0.519. The highest BCUT2D eigenvalue weighted by Gasteiger charge is 2.00. The van der Waals surface area contributed by atoms with Crippen LogP contribution in [0.1, 0.15) is 20.3 Å². The molecule has 0 aliphatic rings. The van der Waals surface area contributed by atoms with E-state index < -0.39 is 0 Å². The summed E-state index contributed by atoms with van der Waals surface area (Å²) in [6.07, 6.45) is 0.706. The summed E-state index contributed by atoms with van der Waals surface area (Å²) in [6.45, 7) is 4.07. The number of hydrogen-bond donors (Lipinski definition) is 3. The van der Waals surface area contributed by atoms with Crippen molar-refractivity contribution in [3.05, 3.63) is 11.3 Å². The smallest absolute Gasteiger partial charge is 0.0332 e. The number of rotatable bonds is 3. The lowest BCUT2D eigenvalue weighted by molar-refractivity contribution is 0.960. The van der Waals surface area contributed by atoms with Crippen molar-refractivity contribution in [3.8, 4) is 0 Å². The molecule has 5 N–H and O–H groups in total. The maximum atomic E-state index is 7.29. The van der Waals surface area contributed by atoms with E-state index in [0.29, 0.717) is 24.4 Å². The van der Waals surface area contributed by atoms with E-state index in [-0.39, 0.29) is 0 Å². The number of nitrogens with two attached hydrogens (primary N) is 2. The van der Waals surface area contributed by atoms with Gasteiger partial charge in [0.25, 0.3) is 0 Å². The van der Waals surface area contributed by atoms with E-state index in [4.69, 9.17) is 16.9 Å². The van der Waals surface area contributed by atoms with E-state index in [1.165, 1.54) is 0 Å². The summed E-state index contributed by atoms with van der Waals surface area (Å²) in [5.41, 5.74) is 12.9. The maximum absolute atomic E-state index is 7.29. The third-order valence-corrected chi connectivity index (χ3v) is 1.32. The molecule has 0 aliphatic carbocycles. The molecule has 0 spiro atoms. The summed E-state index contributed by atoms with van der Waals surface area (Å²) in [4.78, 5) is 0. The SMILES string of the molecule is CC(=N)/C(CCN)=C(/C)N. The van der Waals surface area contributed by atoms with Gasteiger partial charge in [0.15, 0.2) is 0 Å². The van der Waals surface area contributed by atoms with E-state index in [9.17, 15) is 0 Å². The van der Waals surface area contributed by atoms with Crippen molar-refractivity contribution in [2.75, 3.05) is 6.54 Å². The van der Waals surface area contributed by atoms with Gasteiger partial charge in [0.05, 0.1) is 0 Å². The topological polar surface area (TPSA) is 75.9 Å². The Morgan fingerprint density at radius 1 is 1.40 bits per heavy atom. The second kappa shape index (κ2) is 4.06. The van der Waals surface area contributed by atoms with Crippen molar-refractivity contribution in [1.82, 2.24) is 0 Å². The van der Waals surface area contributed by atoms with Gasteiger partial charge in [-0.05, 0) is 32.4 Å². The van der Waals surface area contributed by atoms with E-state index in [1.54, 1.807) is 13.8 Å². The maximum Gasteiger partial charge on any atom is 0.0332 e. The van der Waals surface area contributed by atoms with Crippen molar-refractivity contribution < 1.29 is 0 Å². The number of allylic oxidation sites excluding steroid dienone is 1. The fourth-order valence-corrected chi connectivity index (χ4v) is 0.825. The zero-order valence-corrected chi connectivity index (χ0v) is 6.57. The lowest BCUT2D eigenvalue weighted by Crippen LogP contribution is -2.10. The molecule has 0 aromatic rings. The molecular formula is C7H15N3. The Hall–Kier alpha value is -0.830. The average Bonchev–Trinajstić information content (AvgIpc) is 1.81. The van der Waals surface area contributed by atoms with Gasteiger partial charge in [-0.3, -0.25) is 0 Å².